The largest absolute Gasteiger partial charge is 0.481 e. The van der Waals surface area contributed by atoms with Crippen molar-refractivity contribution < 1.29 is 58.7 Å². The summed E-state index contributed by atoms with van der Waals surface area (Å²) in [6, 6.07) is 0. The summed E-state index contributed by atoms with van der Waals surface area (Å²) in [6.45, 7) is 15.3. The van der Waals surface area contributed by atoms with Crippen molar-refractivity contribution in [3.63, 3.8) is 0 Å². The van der Waals surface area contributed by atoms with Gasteiger partial charge in [0.1, 0.15) is 38.4 Å². The van der Waals surface area contributed by atoms with E-state index in [0.29, 0.717) is 60.2 Å². The monoisotopic (exact) mass is 749 g/mol. The Balaban J connectivity index is -0.000000116. The lowest BCUT2D eigenvalue weighted by atomic mass is 10.0. The van der Waals surface area contributed by atoms with Crippen LogP contribution in [0.3, 0.4) is 0 Å². The summed E-state index contributed by atoms with van der Waals surface area (Å²) in [5.74, 6) is -1.70. The molecule has 0 heterocycles. The lowest BCUT2D eigenvalue weighted by molar-refractivity contribution is -0.893. The van der Waals surface area contributed by atoms with Crippen LogP contribution < -0.4 is 0 Å². The van der Waals surface area contributed by atoms with Crippen LogP contribution in [0.5, 0.6) is 0 Å². The summed E-state index contributed by atoms with van der Waals surface area (Å²) in [5.41, 5.74) is 0. The highest BCUT2D eigenvalue weighted by molar-refractivity contribution is 5.77. The Bertz CT molecular complexity index is 697. The Labute approximate surface area is 316 Å². The van der Waals surface area contributed by atoms with Gasteiger partial charge in [0.15, 0.2) is 0 Å². The molecule has 0 saturated heterocycles. The second-order valence-electron chi connectivity index (χ2n) is 14.2. The van der Waals surface area contributed by atoms with Crippen LogP contribution in [0.4, 0.5) is 0 Å². The fourth-order valence-electron chi connectivity index (χ4n) is 4.86. The predicted octanol–water partition coefficient (Wildman–Crippen LogP) is 6.02. The summed E-state index contributed by atoms with van der Waals surface area (Å²) in [4.78, 5) is 19.8. The first-order chi connectivity index (χ1) is 21.9. The van der Waals surface area contributed by atoms with Crippen molar-refractivity contribution in [3.05, 3.63) is 0 Å². The van der Waals surface area contributed by atoms with Gasteiger partial charge in [-0.1, -0.05) is 103 Å². The van der Waals surface area contributed by atoms with E-state index in [0.717, 1.165) is 26.1 Å². The minimum absolute atomic E-state index is 0. The SMILES string of the molecule is C.C.C.C.CC(CC(=O)O)C(=O)O.CCCCC(CC)COCC(O)C[N+](C)(C)CCO.CCCCC(CC)COCC(O)C[N+](C)(C)CCO. The average molecular weight is 749 g/mol. The number of likely N-dealkylation sites (N-methyl/N-ethyl adjacent to an activating group) is 2. The van der Waals surface area contributed by atoms with Crippen LogP contribution in [0.25, 0.3) is 0 Å². The van der Waals surface area contributed by atoms with Crippen molar-refractivity contribution >= 4 is 11.9 Å². The molecule has 0 bridgehead atoms. The molecule has 0 radical (unpaired) electrons. The number of unbranched alkanes of at least 4 members (excludes halogenated alkanes) is 2. The zero-order chi connectivity index (χ0) is 36.9. The second-order valence-corrected chi connectivity index (χ2v) is 14.2. The molecule has 0 saturated carbocycles. The highest BCUT2D eigenvalue weighted by Crippen LogP contribution is 2.14. The third-order valence-electron chi connectivity index (χ3n) is 8.14. The van der Waals surface area contributed by atoms with Crippen LogP contribution in [0.1, 0.15) is 122 Å². The number of aliphatic carboxylic acids is 2. The van der Waals surface area contributed by atoms with E-state index in [1.807, 2.05) is 28.2 Å². The van der Waals surface area contributed by atoms with E-state index in [2.05, 4.69) is 27.7 Å². The predicted molar refractivity (Wildman–Crippen MR) is 214 cm³/mol. The molecule has 5 unspecified atom stereocenters. The van der Waals surface area contributed by atoms with Gasteiger partial charge < -0.3 is 49.1 Å². The Morgan fingerprint density at radius 3 is 1.18 bits per heavy atom. The van der Waals surface area contributed by atoms with Crippen LogP contribution in [0.2, 0.25) is 0 Å². The van der Waals surface area contributed by atoms with Gasteiger partial charge in [0.2, 0.25) is 0 Å². The third kappa shape index (κ3) is 44.7. The molecule has 5 atom stereocenters. The Hall–Kier alpha value is -1.38. The summed E-state index contributed by atoms with van der Waals surface area (Å²) in [7, 11) is 8.04. The highest BCUT2D eigenvalue weighted by atomic mass is 16.5. The fraction of sp³-hybridized carbons (Fsp3) is 0.949. The number of rotatable bonds is 27. The maximum atomic E-state index is 9.97. The van der Waals surface area contributed by atoms with Crippen molar-refractivity contribution in [3.8, 4) is 0 Å². The highest BCUT2D eigenvalue weighted by Gasteiger charge is 2.21. The first-order valence-corrected chi connectivity index (χ1v) is 17.8. The van der Waals surface area contributed by atoms with E-state index < -0.39 is 30.1 Å². The van der Waals surface area contributed by atoms with Crippen LogP contribution in [-0.4, -0.2) is 158 Å². The van der Waals surface area contributed by atoms with E-state index in [4.69, 9.17) is 29.9 Å². The lowest BCUT2D eigenvalue weighted by Crippen LogP contribution is -2.48. The van der Waals surface area contributed by atoms with E-state index in [9.17, 15) is 19.8 Å². The van der Waals surface area contributed by atoms with Gasteiger partial charge in [-0.05, 0) is 24.7 Å². The number of hydrogen-bond acceptors (Lipinski definition) is 8. The number of carboxylic acid groups (broad SMARTS) is 2. The number of quaternary nitrogens is 2. The van der Waals surface area contributed by atoms with Gasteiger partial charge in [0.25, 0.3) is 0 Å². The van der Waals surface area contributed by atoms with Gasteiger partial charge in [0, 0.05) is 13.2 Å². The van der Waals surface area contributed by atoms with Crippen LogP contribution in [-0.2, 0) is 19.1 Å². The topological polar surface area (TPSA) is 174 Å². The molecule has 6 N–H and O–H groups in total. The summed E-state index contributed by atoms with van der Waals surface area (Å²) < 4.78 is 12.5. The van der Waals surface area contributed by atoms with Crippen molar-refractivity contribution in [1.29, 1.82) is 0 Å². The van der Waals surface area contributed by atoms with E-state index in [-0.39, 0.29) is 49.3 Å². The van der Waals surface area contributed by atoms with Crippen LogP contribution in [0.15, 0.2) is 0 Å². The molecule has 12 nitrogen and oxygen atoms in total. The Kier molecular flexibility index (Phi) is 50.4. The first kappa shape index (κ1) is 64.6. The van der Waals surface area contributed by atoms with Gasteiger partial charge in [-0.15, -0.1) is 0 Å². The summed E-state index contributed by atoms with van der Waals surface area (Å²) >= 11 is 0. The molecule has 0 aliphatic heterocycles. The second kappa shape index (κ2) is 39.8. The van der Waals surface area contributed by atoms with E-state index in [1.54, 1.807) is 0 Å². The molecule has 0 amide bonds. The minimum Gasteiger partial charge on any atom is -0.481 e. The normalized spacial score (nSPS) is 13.7. The Morgan fingerprint density at radius 2 is 0.961 bits per heavy atom. The lowest BCUT2D eigenvalue weighted by Gasteiger charge is -2.31. The molecular formula is C39H92N2O10+2. The fourth-order valence-corrected chi connectivity index (χ4v) is 4.86. The van der Waals surface area contributed by atoms with Gasteiger partial charge in [0.05, 0.1) is 67.0 Å². The average Bonchev–Trinajstić information content (AvgIpc) is 2.96. The third-order valence-corrected chi connectivity index (χ3v) is 8.14. The van der Waals surface area contributed by atoms with E-state index in [1.165, 1.54) is 45.4 Å². The standard InChI is InChI=1S/2C15H34NO3.C5H8O4.4CH4/c2*1-5-7-8-14(6-2)12-19-13-15(18)11-16(3,4)9-10-17;1-3(5(8)9)2-4(6)7;;;;/h2*14-15,17-18H,5-13H2,1-4H3;3H,2H2,1H3,(H,6,7)(H,8,9);4*1H4/q2*+1;;;;;. The molecule has 0 aromatic carbocycles. The van der Waals surface area contributed by atoms with Crippen LogP contribution >= 0.6 is 0 Å². The molecule has 12 heteroatoms. The molecule has 0 aromatic heterocycles. The number of aliphatic hydroxyl groups is 4. The van der Waals surface area contributed by atoms with Crippen molar-refractivity contribution in [1.82, 2.24) is 0 Å². The quantitative estimate of drug-likeness (QED) is 0.0545. The number of carboxylic acids is 2. The maximum absolute atomic E-state index is 9.97. The summed E-state index contributed by atoms with van der Waals surface area (Å²) in [6.07, 6.45) is 8.47. The minimum atomic E-state index is -1.08. The zero-order valence-corrected chi connectivity index (χ0v) is 31.5. The maximum Gasteiger partial charge on any atom is 0.306 e. The molecule has 0 aliphatic carbocycles. The number of ether oxygens (including phenoxy) is 2. The van der Waals surface area contributed by atoms with Crippen LogP contribution in [0, 0.1) is 17.8 Å². The molecule has 0 rings (SSSR count). The zero-order valence-electron chi connectivity index (χ0n) is 31.5. The number of carbonyl (C=O) groups is 2. The Morgan fingerprint density at radius 1 is 0.627 bits per heavy atom. The van der Waals surface area contributed by atoms with Gasteiger partial charge in [-0.25, -0.2) is 0 Å². The van der Waals surface area contributed by atoms with Gasteiger partial charge in [-0.2, -0.15) is 0 Å². The van der Waals surface area contributed by atoms with Crippen molar-refractivity contribution in [2.45, 2.75) is 134 Å². The number of nitrogens with zero attached hydrogens (tertiary/aromatic N) is 2. The molecule has 0 spiro atoms. The number of hydrogen-bond donors (Lipinski definition) is 6. The van der Waals surface area contributed by atoms with E-state index >= 15 is 0 Å². The van der Waals surface area contributed by atoms with Crippen molar-refractivity contribution in [2.24, 2.45) is 17.8 Å². The number of aliphatic hydroxyl groups excluding tert-OH is 4. The molecule has 0 aliphatic rings. The molecule has 51 heavy (non-hydrogen) atoms. The molecule has 0 aromatic rings. The van der Waals surface area contributed by atoms with Gasteiger partial charge in [-0.3, -0.25) is 9.59 Å². The summed E-state index contributed by atoms with van der Waals surface area (Å²) in [5, 5.41) is 54.0. The smallest absolute Gasteiger partial charge is 0.306 e. The molecule has 316 valence electrons. The van der Waals surface area contributed by atoms with Gasteiger partial charge >= 0.3 is 11.9 Å². The molecular weight excluding hydrogens is 656 g/mol. The molecule has 0 fully saturated rings. The first-order valence-electron chi connectivity index (χ1n) is 17.8. The van der Waals surface area contributed by atoms with Crippen molar-refractivity contribution in [2.75, 3.05) is 94.0 Å².